The molecule has 11 nitrogen and oxygen atoms in total. The van der Waals surface area contributed by atoms with Gasteiger partial charge in [-0.3, -0.25) is 9.59 Å². The maximum absolute atomic E-state index is 13.1. The molecule has 2 saturated heterocycles. The molecular formula is C22H21Cl2N9O2S. The molecule has 2 fully saturated rings. The average molecular weight is 546 g/mol. The third-order valence-electron chi connectivity index (χ3n) is 6.12. The van der Waals surface area contributed by atoms with Gasteiger partial charge in [0, 0.05) is 35.6 Å². The second-order valence-corrected chi connectivity index (χ2v) is 10.1. The van der Waals surface area contributed by atoms with Gasteiger partial charge in [0.1, 0.15) is 10.7 Å². The zero-order valence-corrected chi connectivity index (χ0v) is 21.1. The van der Waals surface area contributed by atoms with Crippen LogP contribution in [-0.4, -0.2) is 62.8 Å². The number of halogens is 2. The van der Waals surface area contributed by atoms with Gasteiger partial charge in [-0.15, -0.1) is 11.3 Å². The fraction of sp³-hybridized carbons (Fsp3) is 0.273. The lowest BCUT2D eigenvalue weighted by molar-refractivity contribution is 0.0664. The minimum Gasteiger partial charge on any atom is -0.382 e. The van der Waals surface area contributed by atoms with E-state index < -0.39 is 5.91 Å². The van der Waals surface area contributed by atoms with E-state index in [1.807, 2.05) is 12.1 Å². The summed E-state index contributed by atoms with van der Waals surface area (Å²) in [4.78, 5) is 43.7. The number of guanidine groups is 1. The number of aromatic nitrogens is 3. The molecule has 186 valence electrons. The Morgan fingerprint density at radius 2 is 1.78 bits per heavy atom. The lowest BCUT2D eigenvalue weighted by atomic mass is 9.88. The maximum Gasteiger partial charge on any atom is 0.302 e. The number of aliphatic imine (C=N–C) groups is 1. The van der Waals surface area contributed by atoms with Crippen LogP contribution in [0.3, 0.4) is 0 Å². The van der Waals surface area contributed by atoms with Crippen LogP contribution in [0.15, 0.2) is 34.6 Å². The third kappa shape index (κ3) is 4.79. The molecule has 0 bridgehead atoms. The first-order valence-corrected chi connectivity index (χ1v) is 12.6. The van der Waals surface area contributed by atoms with Gasteiger partial charge in [0.15, 0.2) is 28.4 Å². The van der Waals surface area contributed by atoms with Crippen molar-refractivity contribution < 1.29 is 9.59 Å². The number of benzene rings is 1. The van der Waals surface area contributed by atoms with Crippen LogP contribution in [0.4, 0.5) is 11.6 Å². The normalized spacial score (nSPS) is 17.7. The monoisotopic (exact) mass is 545 g/mol. The molecule has 0 aliphatic carbocycles. The van der Waals surface area contributed by atoms with Crippen LogP contribution in [0.1, 0.15) is 33.8 Å². The number of piperidine rings is 1. The van der Waals surface area contributed by atoms with E-state index in [1.165, 1.54) is 11.3 Å². The third-order valence-corrected chi connectivity index (χ3v) is 7.54. The first-order chi connectivity index (χ1) is 17.2. The number of hydrogen-bond acceptors (Lipinski definition) is 8. The Bertz CT molecular complexity index is 1370. The summed E-state index contributed by atoms with van der Waals surface area (Å²) in [5.74, 6) is -0.699. The van der Waals surface area contributed by atoms with Crippen molar-refractivity contribution in [3.8, 4) is 10.6 Å². The number of nitrogens with one attached hydrogen (secondary N) is 2. The lowest BCUT2D eigenvalue weighted by Crippen LogP contribution is -2.53. The molecule has 0 radical (unpaired) electrons. The SMILES string of the molecule is Nc1nc(N)c(C(=O)/N=C2\NCC3(CCN(C(=O)c4csc(-c5ccc(Cl)cc5)n4)CC3)N2)nc1Cl. The summed E-state index contributed by atoms with van der Waals surface area (Å²) in [5, 5.41) is 9.48. The molecule has 2 aliphatic heterocycles. The largest absolute Gasteiger partial charge is 0.382 e. The predicted molar refractivity (Wildman–Crippen MR) is 139 cm³/mol. The summed E-state index contributed by atoms with van der Waals surface area (Å²) < 4.78 is 0. The van der Waals surface area contributed by atoms with Crippen LogP contribution in [0.25, 0.3) is 10.6 Å². The molecule has 2 aliphatic rings. The quantitative estimate of drug-likeness (QED) is 0.386. The zero-order valence-electron chi connectivity index (χ0n) is 18.8. The van der Waals surface area contributed by atoms with Gasteiger partial charge in [-0.05, 0) is 25.0 Å². The van der Waals surface area contributed by atoms with E-state index in [0.29, 0.717) is 49.2 Å². The second kappa shape index (κ2) is 9.52. The summed E-state index contributed by atoms with van der Waals surface area (Å²) in [6, 6.07) is 7.35. The predicted octanol–water partition coefficient (Wildman–Crippen LogP) is 2.44. The van der Waals surface area contributed by atoms with Crippen molar-refractivity contribution in [1.29, 1.82) is 0 Å². The highest BCUT2D eigenvalue weighted by molar-refractivity contribution is 7.13. The number of rotatable bonds is 3. The van der Waals surface area contributed by atoms with Crippen molar-refractivity contribution in [1.82, 2.24) is 30.5 Å². The molecule has 0 saturated carbocycles. The lowest BCUT2D eigenvalue weighted by Gasteiger charge is -2.38. The minimum atomic E-state index is -0.693. The number of thiazole rings is 1. The van der Waals surface area contributed by atoms with Gasteiger partial charge >= 0.3 is 5.91 Å². The van der Waals surface area contributed by atoms with Crippen LogP contribution in [0, 0.1) is 0 Å². The van der Waals surface area contributed by atoms with Gasteiger partial charge in [-0.1, -0.05) is 35.3 Å². The van der Waals surface area contributed by atoms with Gasteiger partial charge in [0.25, 0.3) is 5.91 Å². The van der Waals surface area contributed by atoms with Gasteiger partial charge < -0.3 is 27.0 Å². The molecule has 3 aromatic rings. The smallest absolute Gasteiger partial charge is 0.302 e. The Morgan fingerprint density at radius 3 is 2.50 bits per heavy atom. The standard InChI is InChI=1S/C22H21Cl2N9O2S/c23-12-3-1-11(2-4-12)19-28-13(9-36-19)20(35)33-7-5-22(6-8-33)10-27-21(32-22)31-18(34)14-16(25)30-17(26)15(24)29-14/h1-4,9H,5-8,10H2,(H4,25,26,30)(H2,27,31,32,34). The Balaban J connectivity index is 1.21. The molecule has 1 spiro atoms. The maximum atomic E-state index is 13.1. The molecule has 6 N–H and O–H groups in total. The van der Waals surface area contributed by atoms with Crippen molar-refractivity contribution in [3.05, 3.63) is 51.2 Å². The molecule has 0 unspecified atom stereocenters. The Hall–Kier alpha value is -3.48. The van der Waals surface area contributed by atoms with Crippen LogP contribution in [0.5, 0.6) is 0 Å². The van der Waals surface area contributed by atoms with E-state index in [4.69, 9.17) is 34.7 Å². The molecule has 2 amide bonds. The van der Waals surface area contributed by atoms with Crippen LogP contribution >= 0.6 is 34.5 Å². The molecule has 2 aromatic heterocycles. The number of anilines is 2. The van der Waals surface area contributed by atoms with Crippen molar-refractivity contribution in [3.63, 3.8) is 0 Å². The zero-order chi connectivity index (χ0) is 25.4. The Morgan fingerprint density at radius 1 is 1.06 bits per heavy atom. The minimum absolute atomic E-state index is 0.0606. The molecule has 14 heteroatoms. The summed E-state index contributed by atoms with van der Waals surface area (Å²) in [7, 11) is 0. The first-order valence-electron chi connectivity index (χ1n) is 11.0. The Labute approximate surface area is 219 Å². The van der Waals surface area contributed by atoms with E-state index in [1.54, 1.807) is 22.4 Å². The van der Waals surface area contributed by atoms with Gasteiger partial charge in [0.05, 0.1) is 5.54 Å². The van der Waals surface area contributed by atoms with E-state index in [-0.39, 0.29) is 33.9 Å². The molecule has 4 heterocycles. The topological polar surface area (TPSA) is 165 Å². The van der Waals surface area contributed by atoms with Crippen LogP contribution < -0.4 is 22.1 Å². The molecule has 1 aromatic carbocycles. The van der Waals surface area contributed by atoms with Gasteiger partial charge in [-0.25, -0.2) is 15.0 Å². The Kier molecular flexibility index (Phi) is 6.41. The molecular weight excluding hydrogens is 525 g/mol. The molecule has 0 atom stereocenters. The number of carbonyl (C=O) groups is 2. The van der Waals surface area contributed by atoms with Crippen LogP contribution in [-0.2, 0) is 0 Å². The number of nitrogens with zero attached hydrogens (tertiary/aromatic N) is 5. The van der Waals surface area contributed by atoms with Gasteiger partial charge in [0.2, 0.25) is 0 Å². The number of amides is 2. The average Bonchev–Trinajstić information content (AvgIpc) is 3.50. The highest BCUT2D eigenvalue weighted by atomic mass is 35.5. The first kappa shape index (κ1) is 24.2. The second-order valence-electron chi connectivity index (χ2n) is 8.49. The molecule has 5 rings (SSSR count). The van der Waals surface area contributed by atoms with Gasteiger partial charge in [-0.2, -0.15) is 4.99 Å². The van der Waals surface area contributed by atoms with Crippen LogP contribution in [0.2, 0.25) is 10.2 Å². The van der Waals surface area contributed by atoms with E-state index in [9.17, 15) is 9.59 Å². The van der Waals surface area contributed by atoms with Crippen molar-refractivity contribution in [2.45, 2.75) is 18.4 Å². The van der Waals surface area contributed by atoms with Crippen molar-refractivity contribution >= 4 is 63.9 Å². The summed E-state index contributed by atoms with van der Waals surface area (Å²) in [6.07, 6.45) is 1.34. The molecule has 36 heavy (non-hydrogen) atoms. The van der Waals surface area contributed by atoms with Crippen molar-refractivity contribution in [2.75, 3.05) is 31.1 Å². The fourth-order valence-corrected chi connectivity index (χ4v) is 5.16. The summed E-state index contributed by atoms with van der Waals surface area (Å²) in [6.45, 7) is 1.63. The highest BCUT2D eigenvalue weighted by Crippen LogP contribution is 2.28. The van der Waals surface area contributed by atoms with E-state index >= 15 is 0 Å². The number of likely N-dealkylation sites (tertiary alicyclic amines) is 1. The summed E-state index contributed by atoms with van der Waals surface area (Å²) >= 11 is 13.2. The fourth-order valence-electron chi connectivity index (χ4n) is 4.11. The highest BCUT2D eigenvalue weighted by Gasteiger charge is 2.41. The van der Waals surface area contributed by atoms with E-state index in [0.717, 1.165) is 10.6 Å². The number of nitrogens with two attached hydrogens (primary N) is 2. The van der Waals surface area contributed by atoms with Crippen molar-refractivity contribution in [2.24, 2.45) is 4.99 Å². The number of carbonyl (C=O) groups excluding carboxylic acids is 2. The summed E-state index contributed by atoms with van der Waals surface area (Å²) in [5.41, 5.74) is 12.1. The van der Waals surface area contributed by atoms with E-state index in [2.05, 4.69) is 30.6 Å². The number of hydrogen-bond donors (Lipinski definition) is 4. The number of nitrogen functional groups attached to an aromatic ring is 2.